The van der Waals surface area contributed by atoms with Crippen molar-refractivity contribution in [2.75, 3.05) is 6.54 Å². The van der Waals surface area contributed by atoms with Gasteiger partial charge in [0.1, 0.15) is 0 Å². The van der Waals surface area contributed by atoms with Crippen LogP contribution in [-0.2, 0) is 4.79 Å². The standard InChI is InChI=1S/C11H12N2O3/c1-9(14)12-8-2-3-10-4-6-11(7-5-10)13(15)16/h2-7H,8H2,1H3,(H,12,14). The van der Waals surface area contributed by atoms with Gasteiger partial charge < -0.3 is 5.32 Å². The van der Waals surface area contributed by atoms with E-state index in [2.05, 4.69) is 5.32 Å². The predicted molar refractivity (Wildman–Crippen MR) is 60.8 cm³/mol. The van der Waals surface area contributed by atoms with Crippen molar-refractivity contribution in [1.82, 2.24) is 5.32 Å². The van der Waals surface area contributed by atoms with Gasteiger partial charge in [-0.2, -0.15) is 0 Å². The van der Waals surface area contributed by atoms with Gasteiger partial charge in [-0.1, -0.05) is 12.2 Å². The highest BCUT2D eigenvalue weighted by Crippen LogP contribution is 2.12. The van der Waals surface area contributed by atoms with Crippen molar-refractivity contribution in [2.45, 2.75) is 6.92 Å². The molecule has 0 aliphatic rings. The van der Waals surface area contributed by atoms with Gasteiger partial charge in [0.2, 0.25) is 5.91 Å². The summed E-state index contributed by atoms with van der Waals surface area (Å²) in [6.07, 6.45) is 3.57. The molecular formula is C11H12N2O3. The number of rotatable bonds is 4. The van der Waals surface area contributed by atoms with Crippen LogP contribution in [0.4, 0.5) is 5.69 Å². The molecule has 0 heterocycles. The Morgan fingerprint density at radius 2 is 2.06 bits per heavy atom. The number of non-ortho nitro benzene ring substituents is 1. The highest BCUT2D eigenvalue weighted by molar-refractivity contribution is 5.73. The maximum atomic E-state index is 10.6. The van der Waals surface area contributed by atoms with E-state index in [-0.39, 0.29) is 11.6 Å². The Bertz CT molecular complexity index is 410. The number of carbonyl (C=O) groups excluding carboxylic acids is 1. The van der Waals surface area contributed by atoms with Gasteiger partial charge in [-0.15, -0.1) is 0 Å². The molecule has 0 saturated heterocycles. The summed E-state index contributed by atoms with van der Waals surface area (Å²) >= 11 is 0. The maximum Gasteiger partial charge on any atom is 0.269 e. The third kappa shape index (κ3) is 3.91. The first-order valence-corrected chi connectivity index (χ1v) is 4.75. The molecule has 0 fully saturated rings. The van der Waals surface area contributed by atoms with Crippen LogP contribution in [0.15, 0.2) is 30.3 Å². The summed E-state index contributed by atoms with van der Waals surface area (Å²) in [5, 5.41) is 13.0. The van der Waals surface area contributed by atoms with Crippen LogP contribution >= 0.6 is 0 Å². The third-order valence-electron chi connectivity index (χ3n) is 1.88. The molecule has 1 amide bonds. The van der Waals surface area contributed by atoms with E-state index >= 15 is 0 Å². The third-order valence-corrected chi connectivity index (χ3v) is 1.88. The van der Waals surface area contributed by atoms with Gasteiger partial charge >= 0.3 is 0 Å². The van der Waals surface area contributed by atoms with Crippen LogP contribution in [0, 0.1) is 10.1 Å². The van der Waals surface area contributed by atoms with E-state index in [9.17, 15) is 14.9 Å². The summed E-state index contributed by atoms with van der Waals surface area (Å²) in [7, 11) is 0. The fourth-order valence-electron chi connectivity index (χ4n) is 1.10. The monoisotopic (exact) mass is 220 g/mol. The molecule has 0 unspecified atom stereocenters. The zero-order chi connectivity index (χ0) is 12.0. The second-order valence-electron chi connectivity index (χ2n) is 3.19. The molecule has 16 heavy (non-hydrogen) atoms. The van der Waals surface area contributed by atoms with Crippen molar-refractivity contribution in [3.8, 4) is 0 Å². The molecule has 1 N–H and O–H groups in total. The SMILES string of the molecule is CC(=O)NCC=Cc1ccc([N+](=O)[O-])cc1. The minimum atomic E-state index is -0.440. The average molecular weight is 220 g/mol. The largest absolute Gasteiger partial charge is 0.353 e. The van der Waals surface area contributed by atoms with Crippen LogP contribution in [0.5, 0.6) is 0 Å². The first-order valence-electron chi connectivity index (χ1n) is 4.75. The number of benzene rings is 1. The van der Waals surface area contributed by atoms with Crippen molar-refractivity contribution < 1.29 is 9.72 Å². The Labute approximate surface area is 92.9 Å². The van der Waals surface area contributed by atoms with E-state index < -0.39 is 4.92 Å². The number of hydrogen-bond donors (Lipinski definition) is 1. The number of carbonyl (C=O) groups is 1. The molecule has 0 saturated carbocycles. The van der Waals surface area contributed by atoms with Crippen molar-refractivity contribution >= 4 is 17.7 Å². The van der Waals surface area contributed by atoms with Crippen LogP contribution in [0.2, 0.25) is 0 Å². The lowest BCUT2D eigenvalue weighted by molar-refractivity contribution is -0.384. The molecule has 0 aliphatic carbocycles. The normalized spacial score (nSPS) is 10.3. The predicted octanol–water partition coefficient (Wildman–Crippen LogP) is 1.74. The molecule has 0 aliphatic heterocycles. The fourth-order valence-corrected chi connectivity index (χ4v) is 1.10. The van der Waals surface area contributed by atoms with Crippen LogP contribution in [0.1, 0.15) is 12.5 Å². The molecule has 5 nitrogen and oxygen atoms in total. The maximum absolute atomic E-state index is 10.6. The summed E-state index contributed by atoms with van der Waals surface area (Å²) < 4.78 is 0. The highest BCUT2D eigenvalue weighted by Gasteiger charge is 2.01. The molecule has 84 valence electrons. The molecular weight excluding hydrogens is 208 g/mol. The van der Waals surface area contributed by atoms with E-state index in [0.717, 1.165) is 5.56 Å². The van der Waals surface area contributed by atoms with Crippen LogP contribution in [0.25, 0.3) is 6.08 Å². The van der Waals surface area contributed by atoms with Crippen molar-refractivity contribution in [1.29, 1.82) is 0 Å². The van der Waals surface area contributed by atoms with E-state index in [0.29, 0.717) is 6.54 Å². The number of amides is 1. The number of nitrogens with one attached hydrogen (secondary N) is 1. The summed E-state index contributed by atoms with van der Waals surface area (Å²) in [5.41, 5.74) is 0.926. The molecule has 0 bridgehead atoms. The lowest BCUT2D eigenvalue weighted by atomic mass is 10.2. The molecule has 0 radical (unpaired) electrons. The number of nitrogens with zero attached hydrogens (tertiary/aromatic N) is 1. The van der Waals surface area contributed by atoms with Gasteiger partial charge in [0, 0.05) is 25.6 Å². The Kier molecular flexibility index (Phi) is 4.20. The number of nitro benzene ring substituents is 1. The van der Waals surface area contributed by atoms with E-state index in [1.165, 1.54) is 19.1 Å². The van der Waals surface area contributed by atoms with Crippen LogP contribution in [-0.4, -0.2) is 17.4 Å². The number of hydrogen-bond acceptors (Lipinski definition) is 3. The smallest absolute Gasteiger partial charge is 0.269 e. The first-order chi connectivity index (χ1) is 7.59. The molecule has 1 rings (SSSR count). The highest BCUT2D eigenvalue weighted by atomic mass is 16.6. The Morgan fingerprint density at radius 3 is 2.56 bits per heavy atom. The van der Waals surface area contributed by atoms with Crippen LogP contribution < -0.4 is 5.32 Å². The van der Waals surface area contributed by atoms with Crippen molar-refractivity contribution in [2.24, 2.45) is 0 Å². The lowest BCUT2D eigenvalue weighted by Gasteiger charge is -1.95. The van der Waals surface area contributed by atoms with E-state index in [1.54, 1.807) is 24.3 Å². The van der Waals surface area contributed by atoms with Gasteiger partial charge in [-0.3, -0.25) is 14.9 Å². The summed E-state index contributed by atoms with van der Waals surface area (Å²) in [6.45, 7) is 1.89. The van der Waals surface area contributed by atoms with Crippen LogP contribution in [0.3, 0.4) is 0 Å². The Balaban J connectivity index is 2.55. The minimum absolute atomic E-state index is 0.0685. The summed E-state index contributed by atoms with van der Waals surface area (Å²) in [5.74, 6) is -0.0895. The van der Waals surface area contributed by atoms with Crippen molar-refractivity contribution in [3.63, 3.8) is 0 Å². The number of nitro groups is 1. The summed E-state index contributed by atoms with van der Waals surface area (Å²) in [6, 6.07) is 6.20. The summed E-state index contributed by atoms with van der Waals surface area (Å²) in [4.78, 5) is 20.5. The van der Waals surface area contributed by atoms with Gasteiger partial charge in [-0.05, 0) is 17.7 Å². The molecule has 1 aromatic rings. The molecule has 5 heteroatoms. The van der Waals surface area contributed by atoms with Gasteiger partial charge in [0.15, 0.2) is 0 Å². The second-order valence-corrected chi connectivity index (χ2v) is 3.19. The molecule has 0 atom stereocenters. The molecule has 0 spiro atoms. The minimum Gasteiger partial charge on any atom is -0.353 e. The van der Waals surface area contributed by atoms with E-state index in [1.807, 2.05) is 0 Å². The fraction of sp³-hybridized carbons (Fsp3) is 0.182. The Hall–Kier alpha value is -2.17. The zero-order valence-corrected chi connectivity index (χ0v) is 8.84. The van der Waals surface area contributed by atoms with Gasteiger partial charge in [-0.25, -0.2) is 0 Å². The first kappa shape index (κ1) is 11.9. The van der Waals surface area contributed by atoms with E-state index in [4.69, 9.17) is 0 Å². The lowest BCUT2D eigenvalue weighted by Crippen LogP contribution is -2.19. The average Bonchev–Trinajstić information content (AvgIpc) is 2.25. The Morgan fingerprint density at radius 1 is 1.44 bits per heavy atom. The van der Waals surface area contributed by atoms with Gasteiger partial charge in [0.25, 0.3) is 5.69 Å². The van der Waals surface area contributed by atoms with Gasteiger partial charge in [0.05, 0.1) is 4.92 Å². The zero-order valence-electron chi connectivity index (χ0n) is 8.84. The molecule has 1 aromatic carbocycles. The quantitative estimate of drug-likeness (QED) is 0.620. The topological polar surface area (TPSA) is 72.2 Å². The van der Waals surface area contributed by atoms with Crippen molar-refractivity contribution in [3.05, 3.63) is 46.0 Å². The second kappa shape index (κ2) is 5.65. The molecule has 0 aromatic heterocycles.